The first kappa shape index (κ1) is 28.8. The second kappa shape index (κ2) is 11.5. The third kappa shape index (κ3) is 6.00. The third-order valence-electron chi connectivity index (χ3n) is 7.55. The van der Waals surface area contributed by atoms with Crippen LogP contribution in [-0.4, -0.2) is 25.9 Å². The fourth-order valence-corrected chi connectivity index (χ4v) is 4.56. The number of aliphatic hydroxyl groups is 1. The van der Waals surface area contributed by atoms with Crippen molar-refractivity contribution in [1.29, 1.82) is 5.26 Å². The van der Waals surface area contributed by atoms with E-state index in [0.29, 0.717) is 34.8 Å². The predicted octanol–water partition coefficient (Wildman–Crippen LogP) is 6.55. The lowest BCUT2D eigenvalue weighted by Gasteiger charge is -2.37. The van der Waals surface area contributed by atoms with Crippen LogP contribution < -0.4 is 10.3 Å². The lowest BCUT2D eigenvalue weighted by atomic mass is 9.89. The summed E-state index contributed by atoms with van der Waals surface area (Å²) in [6, 6.07) is 25.1. The molecule has 6 nitrogen and oxygen atoms in total. The summed E-state index contributed by atoms with van der Waals surface area (Å²) in [5.74, 6) is 1.24. The summed E-state index contributed by atoms with van der Waals surface area (Å²) in [7, 11) is 0. The highest BCUT2D eigenvalue weighted by Gasteiger charge is 2.37. The van der Waals surface area contributed by atoms with E-state index in [1.165, 1.54) is 0 Å². The van der Waals surface area contributed by atoms with E-state index in [9.17, 15) is 15.2 Å². The van der Waals surface area contributed by atoms with Crippen molar-refractivity contribution >= 4 is 0 Å². The predicted molar refractivity (Wildman–Crippen MR) is 159 cm³/mol. The van der Waals surface area contributed by atoms with Crippen molar-refractivity contribution < 1.29 is 9.84 Å². The highest BCUT2D eigenvalue weighted by atomic mass is 16.5. The molecule has 0 unspecified atom stereocenters. The van der Waals surface area contributed by atoms with Crippen LogP contribution in [0.1, 0.15) is 69.2 Å². The van der Waals surface area contributed by atoms with Crippen LogP contribution in [0, 0.1) is 18.3 Å². The number of aryl methyl sites for hydroxylation is 2. The second-order valence-electron chi connectivity index (χ2n) is 11.2. The number of hydrogen-bond acceptors (Lipinski definition) is 5. The van der Waals surface area contributed by atoms with Crippen LogP contribution in [0.3, 0.4) is 0 Å². The van der Waals surface area contributed by atoms with Gasteiger partial charge in [-0.1, -0.05) is 55.8 Å². The lowest BCUT2D eigenvalue weighted by Crippen LogP contribution is -2.49. The molecule has 0 fully saturated rings. The fraction of sp³-hybridized carbons (Fsp3) is 0.324. The largest absolute Gasteiger partial charge is 0.485 e. The van der Waals surface area contributed by atoms with Crippen LogP contribution in [0.2, 0.25) is 0 Å². The van der Waals surface area contributed by atoms with Crippen molar-refractivity contribution in [3.05, 3.63) is 111 Å². The smallest absolute Gasteiger partial charge is 0.261 e. The van der Waals surface area contributed by atoms with E-state index < -0.39 is 11.2 Å². The van der Waals surface area contributed by atoms with Gasteiger partial charge in [0.1, 0.15) is 17.2 Å². The van der Waals surface area contributed by atoms with Crippen molar-refractivity contribution in [3.8, 4) is 28.6 Å². The zero-order valence-corrected chi connectivity index (χ0v) is 24.2. The molecule has 0 aliphatic heterocycles. The number of nitriles is 1. The highest BCUT2D eigenvalue weighted by Crippen LogP contribution is 2.29. The minimum Gasteiger partial charge on any atom is -0.485 e. The fourth-order valence-electron chi connectivity index (χ4n) is 4.56. The number of benzene rings is 3. The summed E-state index contributed by atoms with van der Waals surface area (Å²) < 4.78 is 7.71. The van der Waals surface area contributed by atoms with Gasteiger partial charge in [0.2, 0.25) is 0 Å². The molecule has 0 atom stereocenters. The Labute approximate surface area is 236 Å². The average molecular weight is 536 g/mol. The van der Waals surface area contributed by atoms with E-state index in [1.807, 2.05) is 93.6 Å². The average Bonchev–Trinajstić information content (AvgIpc) is 2.91. The Balaban J connectivity index is 1.68. The molecule has 40 heavy (non-hydrogen) atoms. The molecule has 0 saturated heterocycles. The number of ether oxygens (including phenoxy) is 1. The van der Waals surface area contributed by atoms with Gasteiger partial charge in [-0.15, -0.1) is 0 Å². The Morgan fingerprint density at radius 1 is 0.975 bits per heavy atom. The monoisotopic (exact) mass is 535 g/mol. The van der Waals surface area contributed by atoms with E-state index in [4.69, 9.17) is 9.72 Å². The van der Waals surface area contributed by atoms with Gasteiger partial charge < -0.3 is 9.84 Å². The maximum absolute atomic E-state index is 13.9. The van der Waals surface area contributed by atoms with Crippen molar-refractivity contribution in [2.75, 3.05) is 0 Å². The Bertz CT molecular complexity index is 1590. The quantitative estimate of drug-likeness (QED) is 0.263. The molecule has 3 aromatic carbocycles. The van der Waals surface area contributed by atoms with E-state index in [2.05, 4.69) is 13.0 Å². The normalized spacial score (nSPS) is 11.8. The lowest BCUT2D eigenvalue weighted by molar-refractivity contribution is -0.0906. The number of hydrogen-bond donors (Lipinski definition) is 1. The number of rotatable bonds is 9. The molecule has 1 N–H and O–H groups in total. The zero-order chi connectivity index (χ0) is 29.1. The summed E-state index contributed by atoms with van der Waals surface area (Å²) in [5, 5.41) is 19.9. The van der Waals surface area contributed by atoms with Gasteiger partial charge in [0.05, 0.1) is 28.6 Å². The number of aromatic nitrogens is 2. The first-order valence-corrected chi connectivity index (χ1v) is 13.7. The van der Waals surface area contributed by atoms with Gasteiger partial charge in [-0.05, 0) is 88.1 Å². The molecule has 0 bridgehead atoms. The van der Waals surface area contributed by atoms with Crippen LogP contribution in [-0.2, 0) is 12.8 Å². The Morgan fingerprint density at radius 2 is 1.62 bits per heavy atom. The molecule has 1 heterocycles. The van der Waals surface area contributed by atoms with Crippen molar-refractivity contribution in [2.45, 2.75) is 72.0 Å². The van der Waals surface area contributed by atoms with Crippen molar-refractivity contribution in [1.82, 2.24) is 9.55 Å². The summed E-state index contributed by atoms with van der Waals surface area (Å²) in [6.45, 7) is 11.1. The maximum atomic E-state index is 13.9. The summed E-state index contributed by atoms with van der Waals surface area (Å²) >= 11 is 0. The molecule has 0 radical (unpaired) electrons. The van der Waals surface area contributed by atoms with Crippen LogP contribution in [0.15, 0.2) is 77.6 Å². The highest BCUT2D eigenvalue weighted by molar-refractivity contribution is 5.70. The number of nitrogens with zero attached hydrogens (tertiary/aromatic N) is 3. The molecule has 6 heteroatoms. The first-order chi connectivity index (χ1) is 18.9. The van der Waals surface area contributed by atoms with Gasteiger partial charge in [-0.2, -0.15) is 5.26 Å². The summed E-state index contributed by atoms with van der Waals surface area (Å²) in [6.07, 6.45) is 2.07. The van der Waals surface area contributed by atoms with Gasteiger partial charge in [0, 0.05) is 12.0 Å². The SMILES string of the molecule is CCCc1nc(C)n(-c2ccc(OC(C)(C)C(C)(C)O)cc2)c(=O)c1Cc1ccc(-c2ccccc2C#N)cc1. The molecule has 206 valence electrons. The van der Waals surface area contributed by atoms with Crippen LogP contribution in [0.25, 0.3) is 16.8 Å². The molecule has 0 aliphatic carbocycles. The van der Waals surface area contributed by atoms with E-state index in [0.717, 1.165) is 35.2 Å². The molecule has 4 rings (SSSR count). The molecule has 1 aromatic heterocycles. The van der Waals surface area contributed by atoms with Gasteiger partial charge in [0.25, 0.3) is 5.56 Å². The van der Waals surface area contributed by atoms with E-state index >= 15 is 0 Å². The molecule has 4 aromatic rings. The van der Waals surface area contributed by atoms with Crippen molar-refractivity contribution in [3.63, 3.8) is 0 Å². The summed E-state index contributed by atoms with van der Waals surface area (Å²) in [4.78, 5) is 18.8. The molecule has 0 saturated carbocycles. The second-order valence-corrected chi connectivity index (χ2v) is 11.2. The minimum atomic E-state index is -1.04. The van der Waals surface area contributed by atoms with Crippen LogP contribution >= 0.6 is 0 Å². The Hall–Kier alpha value is -4.21. The third-order valence-corrected chi connectivity index (χ3v) is 7.55. The molecule has 0 amide bonds. The maximum Gasteiger partial charge on any atom is 0.261 e. The Kier molecular flexibility index (Phi) is 8.27. The van der Waals surface area contributed by atoms with Crippen molar-refractivity contribution in [2.24, 2.45) is 0 Å². The van der Waals surface area contributed by atoms with E-state index in [1.54, 1.807) is 18.4 Å². The molecular weight excluding hydrogens is 498 g/mol. The van der Waals surface area contributed by atoms with Crippen LogP contribution in [0.5, 0.6) is 5.75 Å². The standard InChI is InChI=1S/C34H37N3O3/c1-7-10-31-30(21-24-13-15-25(16-14-24)29-12-9-8-11-26(29)22-35)32(38)37(23(2)36-31)27-17-19-28(20-18-27)40-34(5,6)33(3,4)39/h8-9,11-20,39H,7,10,21H2,1-6H3. The zero-order valence-electron chi connectivity index (χ0n) is 24.2. The molecule has 0 spiro atoms. The van der Waals surface area contributed by atoms with Gasteiger partial charge >= 0.3 is 0 Å². The minimum absolute atomic E-state index is 0.0830. The first-order valence-electron chi connectivity index (χ1n) is 13.7. The Morgan fingerprint density at radius 3 is 2.23 bits per heavy atom. The van der Waals surface area contributed by atoms with E-state index in [-0.39, 0.29) is 5.56 Å². The molecular formula is C34H37N3O3. The van der Waals surface area contributed by atoms with Crippen LogP contribution in [0.4, 0.5) is 0 Å². The van der Waals surface area contributed by atoms with Gasteiger partial charge in [-0.25, -0.2) is 4.98 Å². The topological polar surface area (TPSA) is 88.1 Å². The summed E-state index contributed by atoms with van der Waals surface area (Å²) in [5.41, 5.74) is 3.78. The van der Waals surface area contributed by atoms with Gasteiger partial charge in [-0.3, -0.25) is 9.36 Å². The molecule has 0 aliphatic rings. The van der Waals surface area contributed by atoms with Gasteiger partial charge in [0.15, 0.2) is 0 Å².